The highest BCUT2D eigenvalue weighted by molar-refractivity contribution is 9.10. The molecule has 0 atom stereocenters. The van der Waals surface area contributed by atoms with Crippen LogP contribution in [-0.4, -0.2) is 18.9 Å². The Labute approximate surface area is 163 Å². The fraction of sp³-hybridized carbons (Fsp3) is 0.318. The average molecular weight is 414 g/mol. The molecule has 0 saturated carbocycles. The number of aliphatic imine (C=N–C) groups is 1. The van der Waals surface area contributed by atoms with Gasteiger partial charge in [-0.05, 0) is 41.8 Å². The SMILES string of the molecule is CC(C)(C)C1=NC=C1OCCOc1ccc(Cc2ccc(Br)cc2)cc1. The first-order valence-electron chi connectivity index (χ1n) is 8.79. The van der Waals surface area contributed by atoms with Gasteiger partial charge in [-0.1, -0.05) is 61.0 Å². The quantitative estimate of drug-likeness (QED) is 0.538. The highest BCUT2D eigenvalue weighted by Crippen LogP contribution is 2.27. The fourth-order valence-corrected chi connectivity index (χ4v) is 2.97. The summed E-state index contributed by atoms with van der Waals surface area (Å²) in [6.45, 7) is 7.43. The van der Waals surface area contributed by atoms with E-state index >= 15 is 0 Å². The molecule has 1 heterocycles. The third-order valence-electron chi connectivity index (χ3n) is 4.11. The first kappa shape index (κ1) is 18.7. The van der Waals surface area contributed by atoms with Gasteiger partial charge in [0.2, 0.25) is 0 Å². The largest absolute Gasteiger partial charge is 0.490 e. The summed E-state index contributed by atoms with van der Waals surface area (Å²) in [4.78, 5) is 4.29. The van der Waals surface area contributed by atoms with E-state index in [9.17, 15) is 0 Å². The predicted molar refractivity (Wildman–Crippen MR) is 110 cm³/mol. The zero-order chi connectivity index (χ0) is 18.6. The minimum Gasteiger partial charge on any atom is -0.490 e. The second kappa shape index (κ2) is 8.09. The lowest BCUT2D eigenvalue weighted by molar-refractivity contribution is 0.163. The van der Waals surface area contributed by atoms with Crippen LogP contribution in [0.15, 0.2) is 70.0 Å². The second-order valence-electron chi connectivity index (χ2n) is 7.37. The molecule has 0 radical (unpaired) electrons. The van der Waals surface area contributed by atoms with Crippen molar-refractivity contribution in [2.24, 2.45) is 10.4 Å². The van der Waals surface area contributed by atoms with E-state index in [0.29, 0.717) is 13.2 Å². The monoisotopic (exact) mass is 413 g/mol. The van der Waals surface area contributed by atoms with E-state index in [1.165, 1.54) is 11.1 Å². The number of benzene rings is 2. The van der Waals surface area contributed by atoms with Gasteiger partial charge in [0, 0.05) is 9.89 Å². The molecule has 0 aliphatic carbocycles. The number of hydrogen-bond acceptors (Lipinski definition) is 3. The molecule has 0 bridgehead atoms. The van der Waals surface area contributed by atoms with Crippen molar-refractivity contribution in [1.29, 1.82) is 0 Å². The molecule has 0 aromatic heterocycles. The van der Waals surface area contributed by atoms with Crippen LogP contribution >= 0.6 is 15.9 Å². The molecule has 0 unspecified atom stereocenters. The Balaban J connectivity index is 1.41. The molecular weight excluding hydrogens is 390 g/mol. The predicted octanol–water partition coefficient (Wildman–Crippen LogP) is 5.78. The van der Waals surface area contributed by atoms with E-state index in [4.69, 9.17) is 9.47 Å². The van der Waals surface area contributed by atoms with E-state index in [1.54, 1.807) is 6.20 Å². The lowest BCUT2D eigenvalue weighted by Gasteiger charge is -2.27. The number of halogens is 1. The number of allylic oxidation sites excluding steroid dienone is 1. The van der Waals surface area contributed by atoms with Crippen molar-refractivity contribution in [3.8, 4) is 5.75 Å². The highest BCUT2D eigenvalue weighted by Gasteiger charge is 2.28. The minimum absolute atomic E-state index is 0.0234. The second-order valence-corrected chi connectivity index (χ2v) is 8.28. The van der Waals surface area contributed by atoms with Gasteiger partial charge >= 0.3 is 0 Å². The molecule has 0 N–H and O–H groups in total. The molecular formula is C22H24BrNO2. The average Bonchev–Trinajstić information content (AvgIpc) is 2.55. The van der Waals surface area contributed by atoms with E-state index < -0.39 is 0 Å². The summed E-state index contributed by atoms with van der Waals surface area (Å²) in [6.07, 6.45) is 2.69. The lowest BCUT2D eigenvalue weighted by Crippen LogP contribution is -2.28. The van der Waals surface area contributed by atoms with Gasteiger partial charge in [-0.3, -0.25) is 4.99 Å². The number of ether oxygens (including phenoxy) is 2. The molecule has 4 heteroatoms. The fourth-order valence-electron chi connectivity index (χ4n) is 2.70. The van der Waals surface area contributed by atoms with E-state index in [2.05, 4.69) is 78.1 Å². The molecule has 3 nitrogen and oxygen atoms in total. The Morgan fingerprint density at radius 1 is 0.846 bits per heavy atom. The zero-order valence-corrected chi connectivity index (χ0v) is 17.0. The van der Waals surface area contributed by atoms with Gasteiger partial charge in [-0.15, -0.1) is 0 Å². The van der Waals surface area contributed by atoms with Crippen molar-refractivity contribution in [3.63, 3.8) is 0 Å². The van der Waals surface area contributed by atoms with Crippen LogP contribution in [0.3, 0.4) is 0 Å². The third-order valence-corrected chi connectivity index (χ3v) is 4.64. The van der Waals surface area contributed by atoms with Crippen molar-refractivity contribution >= 4 is 21.6 Å². The van der Waals surface area contributed by atoms with Crippen molar-refractivity contribution in [3.05, 3.63) is 76.1 Å². The zero-order valence-electron chi connectivity index (χ0n) is 15.5. The van der Waals surface area contributed by atoms with Gasteiger partial charge in [-0.2, -0.15) is 0 Å². The van der Waals surface area contributed by atoms with Crippen LogP contribution in [0.2, 0.25) is 0 Å². The highest BCUT2D eigenvalue weighted by atomic mass is 79.9. The third kappa shape index (κ3) is 4.98. The molecule has 1 aliphatic rings. The van der Waals surface area contributed by atoms with Crippen LogP contribution in [0.5, 0.6) is 5.75 Å². The normalized spacial score (nSPS) is 13.5. The molecule has 2 aromatic carbocycles. The van der Waals surface area contributed by atoms with Gasteiger partial charge < -0.3 is 9.47 Å². The Kier molecular flexibility index (Phi) is 5.82. The molecule has 2 aromatic rings. The van der Waals surface area contributed by atoms with Crippen LogP contribution in [0, 0.1) is 5.41 Å². The van der Waals surface area contributed by atoms with Crippen LogP contribution in [0.4, 0.5) is 0 Å². The van der Waals surface area contributed by atoms with Gasteiger partial charge in [0.1, 0.15) is 19.0 Å². The number of nitrogens with zero attached hydrogens (tertiary/aromatic N) is 1. The maximum Gasteiger partial charge on any atom is 0.159 e. The van der Waals surface area contributed by atoms with Crippen LogP contribution in [0.25, 0.3) is 0 Å². The molecule has 3 rings (SSSR count). The first-order chi connectivity index (χ1) is 12.4. The Bertz CT molecular complexity index is 800. The summed E-state index contributed by atoms with van der Waals surface area (Å²) in [5, 5.41) is 0. The summed E-state index contributed by atoms with van der Waals surface area (Å²) in [7, 11) is 0. The van der Waals surface area contributed by atoms with Gasteiger partial charge in [0.05, 0.1) is 11.9 Å². The van der Waals surface area contributed by atoms with Crippen LogP contribution in [-0.2, 0) is 11.2 Å². The maximum atomic E-state index is 5.77. The Morgan fingerprint density at radius 2 is 1.42 bits per heavy atom. The van der Waals surface area contributed by atoms with Gasteiger partial charge in [0.15, 0.2) is 5.76 Å². The molecule has 0 spiro atoms. The van der Waals surface area contributed by atoms with E-state index in [-0.39, 0.29) is 5.41 Å². The van der Waals surface area contributed by atoms with E-state index in [0.717, 1.165) is 28.1 Å². The van der Waals surface area contributed by atoms with Gasteiger partial charge in [-0.25, -0.2) is 0 Å². The molecule has 136 valence electrons. The van der Waals surface area contributed by atoms with Crippen LogP contribution < -0.4 is 4.74 Å². The molecule has 0 amide bonds. The molecule has 1 aliphatic heterocycles. The summed E-state index contributed by atoms with van der Waals surface area (Å²) in [6, 6.07) is 16.7. The van der Waals surface area contributed by atoms with Crippen molar-refractivity contribution in [2.45, 2.75) is 27.2 Å². The molecule has 0 saturated heterocycles. The minimum atomic E-state index is 0.0234. The van der Waals surface area contributed by atoms with Crippen molar-refractivity contribution < 1.29 is 9.47 Å². The summed E-state index contributed by atoms with van der Waals surface area (Å²) < 4.78 is 12.6. The summed E-state index contributed by atoms with van der Waals surface area (Å²) >= 11 is 3.46. The number of hydrogen-bond donors (Lipinski definition) is 0. The topological polar surface area (TPSA) is 30.8 Å². The smallest absolute Gasteiger partial charge is 0.159 e. The summed E-state index contributed by atoms with van der Waals surface area (Å²) in [5.41, 5.74) is 3.60. The van der Waals surface area contributed by atoms with Crippen molar-refractivity contribution in [2.75, 3.05) is 13.2 Å². The van der Waals surface area contributed by atoms with Crippen LogP contribution in [0.1, 0.15) is 31.9 Å². The standard InChI is InChI=1S/C22H24BrNO2/c1-22(2,3)21-20(15-24-21)26-13-12-25-19-10-6-17(7-11-19)14-16-4-8-18(23)9-5-16/h4-11,15H,12-14H2,1-3H3. The number of rotatable bonds is 7. The Hall–Kier alpha value is -2.07. The lowest BCUT2D eigenvalue weighted by atomic mass is 9.87. The molecule has 0 fully saturated rings. The van der Waals surface area contributed by atoms with E-state index in [1.807, 2.05) is 12.1 Å². The summed E-state index contributed by atoms with van der Waals surface area (Å²) in [5.74, 6) is 1.74. The maximum absolute atomic E-state index is 5.77. The molecule has 26 heavy (non-hydrogen) atoms. The van der Waals surface area contributed by atoms with Gasteiger partial charge in [0.25, 0.3) is 0 Å². The Morgan fingerprint density at radius 3 is 1.96 bits per heavy atom. The first-order valence-corrected chi connectivity index (χ1v) is 9.59. The van der Waals surface area contributed by atoms with Crippen molar-refractivity contribution in [1.82, 2.24) is 0 Å².